The maximum atomic E-state index is 6.39. The van der Waals surface area contributed by atoms with Gasteiger partial charge in [0.15, 0.2) is 0 Å². The van der Waals surface area contributed by atoms with Gasteiger partial charge in [0.05, 0.1) is 4.34 Å². The number of nitrogens with two attached hydrogens (primary N) is 1. The first-order valence-electron chi connectivity index (χ1n) is 6.68. The molecule has 3 heteroatoms. The SMILES string of the molecule is NC1C2CC3CC1CC(c1ccc(Cl)s1)(C3)C2. The van der Waals surface area contributed by atoms with E-state index in [0.29, 0.717) is 11.5 Å². The highest BCUT2D eigenvalue weighted by Gasteiger charge is 2.55. The lowest BCUT2D eigenvalue weighted by Crippen LogP contribution is -2.58. The summed E-state index contributed by atoms with van der Waals surface area (Å²) in [5.74, 6) is 2.50. The van der Waals surface area contributed by atoms with Crippen LogP contribution in [-0.4, -0.2) is 6.04 Å². The van der Waals surface area contributed by atoms with E-state index in [2.05, 4.69) is 12.1 Å². The smallest absolute Gasteiger partial charge is 0.0931 e. The van der Waals surface area contributed by atoms with Crippen LogP contribution in [0.5, 0.6) is 0 Å². The highest BCUT2D eigenvalue weighted by atomic mass is 35.5. The van der Waals surface area contributed by atoms with Crippen molar-refractivity contribution < 1.29 is 0 Å². The second-order valence-electron chi connectivity index (χ2n) is 6.43. The van der Waals surface area contributed by atoms with Gasteiger partial charge in [-0.2, -0.15) is 0 Å². The third-order valence-electron chi connectivity index (χ3n) is 5.44. The van der Waals surface area contributed by atoms with Crippen LogP contribution in [0.4, 0.5) is 0 Å². The monoisotopic (exact) mass is 267 g/mol. The van der Waals surface area contributed by atoms with Crippen LogP contribution in [0.25, 0.3) is 0 Å². The van der Waals surface area contributed by atoms with E-state index in [1.54, 1.807) is 11.3 Å². The average Bonchev–Trinajstić information content (AvgIpc) is 2.72. The van der Waals surface area contributed by atoms with Gasteiger partial charge >= 0.3 is 0 Å². The number of rotatable bonds is 1. The Morgan fingerprint density at radius 3 is 2.47 bits per heavy atom. The molecule has 2 N–H and O–H groups in total. The van der Waals surface area contributed by atoms with Crippen molar-refractivity contribution in [1.29, 1.82) is 0 Å². The van der Waals surface area contributed by atoms with E-state index in [1.807, 2.05) is 0 Å². The first kappa shape index (κ1) is 10.8. The molecule has 1 nitrogen and oxygen atoms in total. The predicted molar refractivity (Wildman–Crippen MR) is 72.5 cm³/mol. The van der Waals surface area contributed by atoms with Gasteiger partial charge in [-0.25, -0.2) is 0 Å². The molecule has 0 radical (unpaired) electrons. The molecular formula is C14H18ClNS. The van der Waals surface area contributed by atoms with Crippen molar-refractivity contribution in [2.24, 2.45) is 23.5 Å². The lowest BCUT2D eigenvalue weighted by atomic mass is 9.48. The molecular weight excluding hydrogens is 250 g/mol. The lowest BCUT2D eigenvalue weighted by Gasteiger charge is -2.59. The fourth-order valence-electron chi connectivity index (χ4n) is 4.96. The third-order valence-corrected chi connectivity index (χ3v) is 6.92. The topological polar surface area (TPSA) is 26.0 Å². The van der Waals surface area contributed by atoms with Crippen LogP contribution in [0, 0.1) is 17.8 Å². The molecule has 17 heavy (non-hydrogen) atoms. The summed E-state index contributed by atoms with van der Waals surface area (Å²) in [7, 11) is 0. The third kappa shape index (κ3) is 1.47. The fourth-order valence-corrected chi connectivity index (χ4v) is 6.23. The molecule has 0 aliphatic heterocycles. The molecule has 4 aliphatic rings. The number of halogens is 1. The Morgan fingerprint density at radius 2 is 1.88 bits per heavy atom. The Balaban J connectivity index is 1.75. The van der Waals surface area contributed by atoms with Crippen molar-refractivity contribution in [3.63, 3.8) is 0 Å². The molecule has 0 saturated heterocycles. The van der Waals surface area contributed by atoms with Crippen LogP contribution in [-0.2, 0) is 5.41 Å². The van der Waals surface area contributed by atoms with Gasteiger partial charge in [0.2, 0.25) is 0 Å². The molecule has 0 spiro atoms. The zero-order valence-electron chi connectivity index (χ0n) is 9.86. The normalized spacial score (nSPS) is 47.6. The number of hydrogen-bond donors (Lipinski definition) is 1. The summed E-state index contributed by atoms with van der Waals surface area (Å²) in [5, 5.41) is 0. The highest BCUT2D eigenvalue weighted by molar-refractivity contribution is 7.16. The Kier molecular flexibility index (Phi) is 2.23. The van der Waals surface area contributed by atoms with E-state index in [0.717, 1.165) is 22.1 Å². The summed E-state index contributed by atoms with van der Waals surface area (Å²) < 4.78 is 0.944. The van der Waals surface area contributed by atoms with Crippen LogP contribution in [0.15, 0.2) is 12.1 Å². The highest BCUT2D eigenvalue weighted by Crippen LogP contribution is 2.61. The first-order chi connectivity index (χ1) is 8.16. The van der Waals surface area contributed by atoms with E-state index in [-0.39, 0.29) is 0 Å². The van der Waals surface area contributed by atoms with E-state index in [4.69, 9.17) is 17.3 Å². The molecule has 1 aromatic heterocycles. The standard InChI is InChI=1S/C14H18ClNS/c15-12-2-1-11(17-12)14-5-8-3-9(6-14)13(16)10(4-8)7-14/h1-2,8-10,13H,3-7,16H2. The molecule has 4 fully saturated rings. The van der Waals surface area contributed by atoms with Crippen molar-refractivity contribution in [3.05, 3.63) is 21.3 Å². The summed E-state index contributed by atoms with van der Waals surface area (Å²) in [6.07, 6.45) is 6.80. The molecule has 4 aliphatic carbocycles. The molecule has 1 aromatic rings. The minimum atomic E-state index is 0.449. The zero-order valence-corrected chi connectivity index (χ0v) is 11.4. The zero-order chi connectivity index (χ0) is 11.6. The van der Waals surface area contributed by atoms with Gasteiger partial charge in [0, 0.05) is 16.3 Å². The summed E-state index contributed by atoms with van der Waals surface area (Å²) in [4.78, 5) is 1.54. The van der Waals surface area contributed by atoms with Gasteiger partial charge in [-0.1, -0.05) is 11.6 Å². The molecule has 4 bridgehead atoms. The molecule has 5 rings (SSSR count). The van der Waals surface area contributed by atoms with Crippen molar-refractivity contribution >= 4 is 22.9 Å². The lowest BCUT2D eigenvalue weighted by molar-refractivity contribution is -0.0210. The van der Waals surface area contributed by atoms with Crippen molar-refractivity contribution in [1.82, 2.24) is 0 Å². The quantitative estimate of drug-likeness (QED) is 0.823. The summed E-state index contributed by atoms with van der Waals surface area (Å²) in [6, 6.07) is 4.82. The van der Waals surface area contributed by atoms with E-state index in [9.17, 15) is 0 Å². The minimum absolute atomic E-state index is 0.449. The van der Waals surface area contributed by atoms with Crippen LogP contribution in [0.2, 0.25) is 4.34 Å². The van der Waals surface area contributed by atoms with Crippen LogP contribution in [0.1, 0.15) is 37.0 Å². The molecule has 0 amide bonds. The van der Waals surface area contributed by atoms with Gasteiger partial charge in [-0.3, -0.25) is 0 Å². The maximum Gasteiger partial charge on any atom is 0.0931 e. The van der Waals surface area contributed by atoms with Crippen LogP contribution >= 0.6 is 22.9 Å². The predicted octanol–water partition coefficient (Wildman–Crippen LogP) is 3.81. The summed E-state index contributed by atoms with van der Waals surface area (Å²) >= 11 is 7.93. The van der Waals surface area contributed by atoms with Crippen LogP contribution in [0.3, 0.4) is 0 Å². The van der Waals surface area contributed by atoms with Crippen molar-refractivity contribution in [2.45, 2.75) is 43.6 Å². The van der Waals surface area contributed by atoms with E-state index < -0.39 is 0 Å². The maximum absolute atomic E-state index is 6.39. The van der Waals surface area contributed by atoms with E-state index >= 15 is 0 Å². The Bertz CT molecular complexity index is 439. The van der Waals surface area contributed by atoms with Crippen LogP contribution < -0.4 is 5.73 Å². The molecule has 2 atom stereocenters. The molecule has 0 aromatic carbocycles. The largest absolute Gasteiger partial charge is 0.327 e. The Hall–Kier alpha value is -0.0500. The molecule has 4 saturated carbocycles. The summed E-state index contributed by atoms with van der Waals surface area (Å²) in [5.41, 5.74) is 6.84. The first-order valence-corrected chi connectivity index (χ1v) is 7.87. The van der Waals surface area contributed by atoms with E-state index in [1.165, 1.54) is 37.0 Å². The molecule has 1 heterocycles. The van der Waals surface area contributed by atoms with Gasteiger partial charge in [0.1, 0.15) is 0 Å². The fraction of sp³-hybridized carbons (Fsp3) is 0.714. The Morgan fingerprint density at radius 1 is 1.18 bits per heavy atom. The molecule has 2 unspecified atom stereocenters. The molecule has 92 valence electrons. The van der Waals surface area contributed by atoms with Gasteiger partial charge < -0.3 is 5.73 Å². The average molecular weight is 268 g/mol. The second kappa shape index (κ2) is 3.49. The van der Waals surface area contributed by atoms with Gasteiger partial charge in [-0.05, 0) is 62.0 Å². The van der Waals surface area contributed by atoms with Gasteiger partial charge in [-0.15, -0.1) is 11.3 Å². The Labute approximate surface area is 111 Å². The minimum Gasteiger partial charge on any atom is -0.327 e. The number of hydrogen-bond acceptors (Lipinski definition) is 2. The summed E-state index contributed by atoms with van der Waals surface area (Å²) in [6.45, 7) is 0. The van der Waals surface area contributed by atoms with Crippen molar-refractivity contribution in [2.75, 3.05) is 0 Å². The number of thiophene rings is 1. The second-order valence-corrected chi connectivity index (χ2v) is 8.15. The van der Waals surface area contributed by atoms with Crippen molar-refractivity contribution in [3.8, 4) is 0 Å². The van der Waals surface area contributed by atoms with Gasteiger partial charge in [0.25, 0.3) is 0 Å².